The van der Waals surface area contributed by atoms with Crippen molar-refractivity contribution in [3.8, 4) is 5.75 Å². The molecule has 0 atom stereocenters. The number of amides is 1. The lowest BCUT2D eigenvalue weighted by Gasteiger charge is -2.10. The molecule has 2 aromatic carbocycles. The largest absolute Gasteiger partial charge is 0.483 e. The average Bonchev–Trinajstić information content (AvgIpc) is 2.65. The second-order valence-corrected chi connectivity index (χ2v) is 8.50. The van der Waals surface area contributed by atoms with Gasteiger partial charge in [-0.2, -0.15) is 0 Å². The number of hydrogen-bond acceptors (Lipinski definition) is 4. The van der Waals surface area contributed by atoms with Gasteiger partial charge in [-0.05, 0) is 70.7 Å². The number of hydrogen-bond donors (Lipinski definition) is 2. The number of anilines is 1. The van der Waals surface area contributed by atoms with Crippen molar-refractivity contribution in [2.75, 3.05) is 18.5 Å². The molecule has 0 radical (unpaired) electrons. The monoisotopic (exact) mass is 454 g/mol. The lowest BCUT2D eigenvalue weighted by molar-refractivity contribution is -0.118. The smallest absolute Gasteiger partial charge is 0.262 e. The van der Waals surface area contributed by atoms with Crippen molar-refractivity contribution in [2.24, 2.45) is 0 Å². The first kappa shape index (κ1) is 21.4. The lowest BCUT2D eigenvalue weighted by atomic mass is 10.2. The molecule has 27 heavy (non-hydrogen) atoms. The molecule has 0 bridgehead atoms. The number of sulfonamides is 1. The molecule has 146 valence electrons. The number of nitrogens with one attached hydrogen (secondary N) is 2. The quantitative estimate of drug-likeness (QED) is 0.604. The molecule has 8 heteroatoms. The van der Waals surface area contributed by atoms with E-state index in [0.29, 0.717) is 24.4 Å². The Kier molecular flexibility index (Phi) is 7.82. The van der Waals surface area contributed by atoms with E-state index in [1.165, 1.54) is 17.7 Å². The predicted octanol–water partition coefficient (Wildman–Crippen LogP) is 3.72. The Bertz CT molecular complexity index is 883. The van der Waals surface area contributed by atoms with E-state index in [1.807, 2.05) is 25.1 Å². The third-order valence-corrected chi connectivity index (χ3v) is 5.85. The van der Waals surface area contributed by atoms with Gasteiger partial charge in [-0.1, -0.05) is 19.9 Å². The van der Waals surface area contributed by atoms with E-state index < -0.39 is 10.0 Å². The van der Waals surface area contributed by atoms with Crippen LogP contribution in [0.3, 0.4) is 0 Å². The average molecular weight is 455 g/mol. The second-order valence-electron chi connectivity index (χ2n) is 5.88. The number of rotatable bonds is 9. The summed E-state index contributed by atoms with van der Waals surface area (Å²) in [6.45, 7) is 4.18. The molecule has 6 nitrogen and oxygen atoms in total. The molecule has 0 aliphatic carbocycles. The Morgan fingerprint density at radius 3 is 2.41 bits per heavy atom. The molecule has 2 rings (SSSR count). The maximum atomic E-state index is 12.1. The fraction of sp³-hybridized carbons (Fsp3) is 0.316. The summed E-state index contributed by atoms with van der Waals surface area (Å²) in [7, 11) is -3.52. The molecule has 0 saturated carbocycles. The zero-order valence-corrected chi connectivity index (χ0v) is 17.7. The molecule has 0 fully saturated rings. The summed E-state index contributed by atoms with van der Waals surface area (Å²) in [6, 6.07) is 11.7. The minimum Gasteiger partial charge on any atom is -0.483 e. The second kappa shape index (κ2) is 9.87. The molecule has 0 aromatic heterocycles. The van der Waals surface area contributed by atoms with E-state index in [4.69, 9.17) is 4.74 Å². The fourth-order valence-corrected chi connectivity index (χ4v) is 3.93. The van der Waals surface area contributed by atoms with Gasteiger partial charge in [0.25, 0.3) is 5.91 Å². The minimum absolute atomic E-state index is 0.151. The topological polar surface area (TPSA) is 84.5 Å². The summed E-state index contributed by atoms with van der Waals surface area (Å²) in [5, 5.41) is 2.68. The standard InChI is InChI=1S/C19H23BrN2O4S/c1-3-11-21-27(24,25)16-8-6-15(7-9-16)22-19(23)13-26-18-10-5-14(4-2)12-17(18)20/h5-10,12,21H,3-4,11,13H2,1-2H3,(H,22,23). The van der Waals surface area contributed by atoms with Crippen LogP contribution < -0.4 is 14.8 Å². The summed E-state index contributed by atoms with van der Waals surface area (Å²) in [5.41, 5.74) is 1.67. The van der Waals surface area contributed by atoms with Crippen LogP contribution >= 0.6 is 15.9 Å². The number of halogens is 1. The van der Waals surface area contributed by atoms with E-state index in [0.717, 1.165) is 10.9 Å². The Morgan fingerprint density at radius 2 is 1.81 bits per heavy atom. The summed E-state index contributed by atoms with van der Waals surface area (Å²) in [5.74, 6) is 0.256. The fourth-order valence-electron chi connectivity index (χ4n) is 2.26. The highest BCUT2D eigenvalue weighted by Gasteiger charge is 2.13. The highest BCUT2D eigenvalue weighted by atomic mass is 79.9. The van der Waals surface area contributed by atoms with Crippen LogP contribution in [0.4, 0.5) is 5.69 Å². The van der Waals surface area contributed by atoms with Crippen LogP contribution in [0, 0.1) is 0 Å². The minimum atomic E-state index is -3.52. The molecule has 0 aliphatic rings. The predicted molar refractivity (Wildman–Crippen MR) is 110 cm³/mol. The molecular weight excluding hydrogens is 432 g/mol. The zero-order valence-electron chi connectivity index (χ0n) is 15.3. The molecule has 0 spiro atoms. The van der Waals surface area contributed by atoms with Gasteiger partial charge < -0.3 is 10.1 Å². The summed E-state index contributed by atoms with van der Waals surface area (Å²) < 4.78 is 32.9. The number of aryl methyl sites for hydroxylation is 1. The van der Waals surface area contributed by atoms with Crippen LogP contribution in [0.15, 0.2) is 51.8 Å². The first-order valence-corrected chi connectivity index (χ1v) is 10.9. The summed E-state index contributed by atoms with van der Waals surface area (Å²) in [6.07, 6.45) is 1.63. The molecule has 0 saturated heterocycles. The van der Waals surface area contributed by atoms with E-state index in [9.17, 15) is 13.2 Å². The van der Waals surface area contributed by atoms with Crippen LogP contribution in [-0.2, 0) is 21.2 Å². The van der Waals surface area contributed by atoms with E-state index in [-0.39, 0.29) is 17.4 Å². The van der Waals surface area contributed by atoms with E-state index in [1.54, 1.807) is 12.1 Å². The molecule has 2 N–H and O–H groups in total. The molecule has 1 amide bonds. The van der Waals surface area contributed by atoms with Crippen molar-refractivity contribution in [3.63, 3.8) is 0 Å². The zero-order chi connectivity index (χ0) is 19.9. The molecule has 0 heterocycles. The molecule has 2 aromatic rings. The third-order valence-electron chi connectivity index (χ3n) is 3.75. The molecular formula is C19H23BrN2O4S. The maximum Gasteiger partial charge on any atom is 0.262 e. The van der Waals surface area contributed by atoms with Gasteiger partial charge in [-0.3, -0.25) is 4.79 Å². The number of benzene rings is 2. The van der Waals surface area contributed by atoms with Crippen molar-refractivity contribution in [1.82, 2.24) is 4.72 Å². The van der Waals surface area contributed by atoms with Gasteiger partial charge in [0, 0.05) is 12.2 Å². The molecule has 0 unspecified atom stereocenters. The number of carbonyl (C=O) groups excluding carboxylic acids is 1. The summed E-state index contributed by atoms with van der Waals surface area (Å²) >= 11 is 3.43. The molecule has 0 aliphatic heterocycles. The van der Waals surface area contributed by atoms with Crippen molar-refractivity contribution >= 4 is 37.5 Å². The van der Waals surface area contributed by atoms with Crippen LogP contribution in [-0.4, -0.2) is 27.5 Å². The Labute approximate surface area is 168 Å². The Hall–Kier alpha value is -1.90. The van der Waals surface area contributed by atoms with Crippen molar-refractivity contribution in [2.45, 2.75) is 31.6 Å². The third kappa shape index (κ3) is 6.34. The van der Waals surface area contributed by atoms with Crippen LogP contribution in [0.1, 0.15) is 25.8 Å². The number of ether oxygens (including phenoxy) is 1. The summed E-state index contributed by atoms with van der Waals surface area (Å²) in [4.78, 5) is 12.2. The van der Waals surface area contributed by atoms with Crippen LogP contribution in [0.5, 0.6) is 5.75 Å². The van der Waals surface area contributed by atoms with Gasteiger partial charge >= 0.3 is 0 Å². The normalized spacial score (nSPS) is 11.2. The van der Waals surface area contributed by atoms with Gasteiger partial charge in [-0.15, -0.1) is 0 Å². The van der Waals surface area contributed by atoms with Gasteiger partial charge in [0.1, 0.15) is 5.75 Å². The van der Waals surface area contributed by atoms with Crippen LogP contribution in [0.2, 0.25) is 0 Å². The van der Waals surface area contributed by atoms with Crippen molar-refractivity contribution < 1.29 is 17.9 Å². The van der Waals surface area contributed by atoms with Gasteiger partial charge in [-0.25, -0.2) is 13.1 Å². The van der Waals surface area contributed by atoms with E-state index >= 15 is 0 Å². The first-order valence-electron chi connectivity index (χ1n) is 8.66. The van der Waals surface area contributed by atoms with E-state index in [2.05, 4.69) is 32.9 Å². The first-order chi connectivity index (χ1) is 12.9. The lowest BCUT2D eigenvalue weighted by Crippen LogP contribution is -2.24. The van der Waals surface area contributed by atoms with Gasteiger partial charge in [0.2, 0.25) is 10.0 Å². The van der Waals surface area contributed by atoms with Gasteiger partial charge in [0.15, 0.2) is 6.61 Å². The SMILES string of the molecule is CCCNS(=O)(=O)c1ccc(NC(=O)COc2ccc(CC)cc2Br)cc1. The van der Waals surface area contributed by atoms with Crippen molar-refractivity contribution in [3.05, 3.63) is 52.5 Å². The van der Waals surface area contributed by atoms with Gasteiger partial charge in [0.05, 0.1) is 9.37 Å². The van der Waals surface area contributed by atoms with Crippen molar-refractivity contribution in [1.29, 1.82) is 0 Å². The highest BCUT2D eigenvalue weighted by molar-refractivity contribution is 9.10. The number of carbonyl (C=O) groups is 1. The van der Waals surface area contributed by atoms with Crippen LogP contribution in [0.25, 0.3) is 0 Å². The Balaban J connectivity index is 1.92. The highest BCUT2D eigenvalue weighted by Crippen LogP contribution is 2.26. The Morgan fingerprint density at radius 1 is 1.11 bits per heavy atom. The maximum absolute atomic E-state index is 12.1.